The largest absolute Gasteiger partial charge is 0.481 e. The summed E-state index contributed by atoms with van der Waals surface area (Å²) in [7, 11) is 0. The molecule has 1 amide bonds. The molecule has 0 aliphatic heterocycles. The Morgan fingerprint density at radius 1 is 1.22 bits per heavy atom. The van der Waals surface area contributed by atoms with E-state index in [1.807, 2.05) is 0 Å². The van der Waals surface area contributed by atoms with Crippen LogP contribution in [-0.4, -0.2) is 28.9 Å². The maximum absolute atomic E-state index is 13.0. The topological polar surface area (TPSA) is 66.4 Å². The van der Waals surface area contributed by atoms with Gasteiger partial charge in [-0.2, -0.15) is 0 Å². The minimum absolute atomic E-state index is 0.184. The molecule has 2 saturated carbocycles. The summed E-state index contributed by atoms with van der Waals surface area (Å²) in [5.41, 5.74) is 0. The summed E-state index contributed by atoms with van der Waals surface area (Å²) in [5, 5.41) is 11.6. The Bertz CT molecular complexity index is 359. The number of hydrogen-bond acceptors (Lipinski definition) is 2. The molecule has 6 heteroatoms. The lowest BCUT2D eigenvalue weighted by molar-refractivity contribution is -0.142. The van der Waals surface area contributed by atoms with Crippen molar-refractivity contribution in [1.82, 2.24) is 5.32 Å². The maximum Gasteiger partial charge on any atom is 0.308 e. The molecule has 2 fully saturated rings. The van der Waals surface area contributed by atoms with Crippen molar-refractivity contribution in [2.75, 3.05) is 0 Å². The average Bonchev–Trinajstić information content (AvgIpc) is 2.84. The van der Waals surface area contributed by atoms with Gasteiger partial charge < -0.3 is 10.4 Å². The number of amides is 1. The molecule has 2 aliphatic rings. The van der Waals surface area contributed by atoms with E-state index in [2.05, 4.69) is 5.32 Å². The van der Waals surface area contributed by atoms with Gasteiger partial charge in [-0.25, -0.2) is 8.78 Å². The van der Waals surface area contributed by atoms with Crippen molar-refractivity contribution in [3.63, 3.8) is 0 Å². The fourth-order valence-corrected chi connectivity index (χ4v) is 2.90. The zero-order valence-electron chi connectivity index (χ0n) is 9.99. The van der Waals surface area contributed by atoms with Gasteiger partial charge in [-0.05, 0) is 19.3 Å². The van der Waals surface area contributed by atoms with Gasteiger partial charge in [-0.15, -0.1) is 0 Å². The molecule has 0 aromatic rings. The normalized spacial score (nSPS) is 34.4. The minimum atomic E-state index is -2.75. The zero-order valence-corrected chi connectivity index (χ0v) is 9.99. The first-order valence-electron chi connectivity index (χ1n) is 6.30. The number of carbonyl (C=O) groups excluding carboxylic acids is 1. The van der Waals surface area contributed by atoms with Gasteiger partial charge in [-0.1, -0.05) is 6.42 Å². The molecule has 3 atom stereocenters. The van der Waals surface area contributed by atoms with E-state index < -0.39 is 42.1 Å². The lowest BCUT2D eigenvalue weighted by Crippen LogP contribution is -2.42. The molecule has 102 valence electrons. The third-order valence-electron chi connectivity index (χ3n) is 3.94. The van der Waals surface area contributed by atoms with E-state index in [4.69, 9.17) is 5.11 Å². The summed E-state index contributed by atoms with van der Waals surface area (Å²) in [6.45, 7) is 0. The molecule has 3 unspecified atom stereocenters. The van der Waals surface area contributed by atoms with Gasteiger partial charge in [0.25, 0.3) is 0 Å². The fourth-order valence-electron chi connectivity index (χ4n) is 2.90. The molecule has 2 rings (SSSR count). The summed E-state index contributed by atoms with van der Waals surface area (Å²) in [6.07, 6.45) is 1.43. The molecular weight excluding hydrogens is 244 g/mol. The van der Waals surface area contributed by atoms with E-state index in [1.165, 1.54) is 0 Å². The predicted octanol–water partition coefficient (Wildman–Crippen LogP) is 1.79. The monoisotopic (exact) mass is 261 g/mol. The molecule has 2 aliphatic carbocycles. The summed E-state index contributed by atoms with van der Waals surface area (Å²) in [5.74, 6) is -5.32. The summed E-state index contributed by atoms with van der Waals surface area (Å²) in [6, 6.07) is -0.399. The van der Waals surface area contributed by atoms with E-state index in [9.17, 15) is 18.4 Å². The zero-order chi connectivity index (χ0) is 13.3. The Labute approximate surface area is 104 Å². The summed E-state index contributed by atoms with van der Waals surface area (Å²) >= 11 is 0. The first-order valence-corrected chi connectivity index (χ1v) is 6.30. The van der Waals surface area contributed by atoms with Gasteiger partial charge in [0.1, 0.15) is 0 Å². The van der Waals surface area contributed by atoms with E-state index in [1.54, 1.807) is 0 Å². The van der Waals surface area contributed by atoms with Crippen LogP contribution in [0.25, 0.3) is 0 Å². The fraction of sp³-hybridized carbons (Fsp3) is 0.833. The number of halogens is 2. The Morgan fingerprint density at radius 2 is 1.94 bits per heavy atom. The predicted molar refractivity (Wildman–Crippen MR) is 59.2 cm³/mol. The molecule has 4 nitrogen and oxygen atoms in total. The molecule has 0 saturated heterocycles. The molecule has 0 aromatic carbocycles. The summed E-state index contributed by atoms with van der Waals surface area (Å²) in [4.78, 5) is 22.8. The second kappa shape index (κ2) is 4.82. The van der Waals surface area contributed by atoms with Crippen molar-refractivity contribution in [3.05, 3.63) is 0 Å². The minimum Gasteiger partial charge on any atom is -0.481 e. The third-order valence-corrected chi connectivity index (χ3v) is 3.94. The number of carboxylic acids is 1. The van der Waals surface area contributed by atoms with Crippen LogP contribution >= 0.6 is 0 Å². The number of rotatable bonds is 3. The van der Waals surface area contributed by atoms with Gasteiger partial charge in [0.05, 0.1) is 5.92 Å². The Morgan fingerprint density at radius 3 is 2.50 bits per heavy atom. The van der Waals surface area contributed by atoms with Crippen LogP contribution in [0.3, 0.4) is 0 Å². The van der Waals surface area contributed by atoms with E-state index in [-0.39, 0.29) is 12.8 Å². The molecule has 0 aromatic heterocycles. The molecule has 0 bridgehead atoms. The van der Waals surface area contributed by atoms with Crippen LogP contribution in [-0.2, 0) is 9.59 Å². The maximum atomic E-state index is 13.0. The highest BCUT2D eigenvalue weighted by Crippen LogP contribution is 2.39. The SMILES string of the molecule is O=C(NC1CCCC1C(=O)O)C1CCC(F)(F)C1. The van der Waals surface area contributed by atoms with E-state index in [0.29, 0.717) is 12.8 Å². The summed E-state index contributed by atoms with van der Waals surface area (Å²) < 4.78 is 26.0. The van der Waals surface area contributed by atoms with Gasteiger partial charge >= 0.3 is 5.97 Å². The van der Waals surface area contributed by atoms with Gasteiger partial charge in [-0.3, -0.25) is 9.59 Å². The third kappa shape index (κ3) is 2.79. The molecule has 0 heterocycles. The van der Waals surface area contributed by atoms with Crippen LogP contribution in [0.5, 0.6) is 0 Å². The van der Waals surface area contributed by atoms with Crippen LogP contribution in [0, 0.1) is 11.8 Å². The van der Waals surface area contributed by atoms with Crippen LogP contribution in [0.1, 0.15) is 38.5 Å². The van der Waals surface area contributed by atoms with Crippen LogP contribution < -0.4 is 5.32 Å². The molecule has 18 heavy (non-hydrogen) atoms. The van der Waals surface area contributed by atoms with Crippen molar-refractivity contribution >= 4 is 11.9 Å². The highest BCUT2D eigenvalue weighted by molar-refractivity contribution is 5.80. The van der Waals surface area contributed by atoms with Crippen molar-refractivity contribution < 1.29 is 23.5 Å². The average molecular weight is 261 g/mol. The van der Waals surface area contributed by atoms with Crippen molar-refractivity contribution in [2.45, 2.75) is 50.5 Å². The van der Waals surface area contributed by atoms with E-state index in [0.717, 1.165) is 6.42 Å². The van der Waals surface area contributed by atoms with Gasteiger partial charge in [0.15, 0.2) is 0 Å². The molecule has 0 spiro atoms. The number of carbonyl (C=O) groups is 2. The van der Waals surface area contributed by atoms with E-state index >= 15 is 0 Å². The van der Waals surface area contributed by atoms with Crippen molar-refractivity contribution in [2.24, 2.45) is 11.8 Å². The van der Waals surface area contributed by atoms with Gasteiger partial charge in [0, 0.05) is 24.8 Å². The molecule has 0 radical (unpaired) electrons. The van der Waals surface area contributed by atoms with Crippen molar-refractivity contribution in [1.29, 1.82) is 0 Å². The number of alkyl halides is 2. The lowest BCUT2D eigenvalue weighted by Gasteiger charge is -2.20. The number of hydrogen-bond donors (Lipinski definition) is 2. The Balaban J connectivity index is 1.90. The van der Waals surface area contributed by atoms with Crippen molar-refractivity contribution in [3.8, 4) is 0 Å². The standard InChI is InChI=1S/C12H17F2NO3/c13-12(14)5-4-7(6-12)10(16)15-9-3-1-2-8(9)11(17)18/h7-9H,1-6H2,(H,15,16)(H,17,18). The molecular formula is C12H17F2NO3. The first-order chi connectivity index (χ1) is 8.39. The number of nitrogens with one attached hydrogen (secondary N) is 1. The van der Waals surface area contributed by atoms with Gasteiger partial charge in [0.2, 0.25) is 11.8 Å². The highest BCUT2D eigenvalue weighted by atomic mass is 19.3. The van der Waals surface area contributed by atoms with Crippen LogP contribution in [0.2, 0.25) is 0 Å². The number of carboxylic acid groups (broad SMARTS) is 1. The second-order valence-electron chi connectivity index (χ2n) is 5.29. The Kier molecular flexibility index (Phi) is 3.54. The lowest BCUT2D eigenvalue weighted by atomic mass is 10.0. The number of aliphatic carboxylic acids is 1. The van der Waals surface area contributed by atoms with Crippen LogP contribution in [0.4, 0.5) is 8.78 Å². The highest BCUT2D eigenvalue weighted by Gasteiger charge is 2.43. The first kappa shape index (κ1) is 13.2. The Hall–Kier alpha value is -1.20. The van der Waals surface area contributed by atoms with Crippen LogP contribution in [0.15, 0.2) is 0 Å². The smallest absolute Gasteiger partial charge is 0.308 e. The quantitative estimate of drug-likeness (QED) is 0.814. The molecule has 2 N–H and O–H groups in total. The second-order valence-corrected chi connectivity index (χ2v) is 5.29.